The second-order valence-electron chi connectivity index (χ2n) is 7.89. The van der Waals surface area contributed by atoms with Gasteiger partial charge in [-0.15, -0.1) is 0 Å². The molecule has 1 fully saturated rings. The molecule has 0 radical (unpaired) electrons. The molecule has 170 valence electrons. The smallest absolute Gasteiger partial charge is 0.216 e. The van der Waals surface area contributed by atoms with Gasteiger partial charge in [0.15, 0.2) is 11.5 Å². The van der Waals surface area contributed by atoms with Gasteiger partial charge in [0.25, 0.3) is 0 Å². The summed E-state index contributed by atoms with van der Waals surface area (Å²) in [6, 6.07) is 15.2. The van der Waals surface area contributed by atoms with Crippen LogP contribution in [-0.4, -0.2) is 60.8 Å². The molecule has 1 aliphatic heterocycles. The number of aromatic nitrogens is 6. The summed E-state index contributed by atoms with van der Waals surface area (Å²) in [4.78, 5) is 10.9. The minimum Gasteiger partial charge on any atom is -0.493 e. The standard InChI is InChI=1S/C24H20FN7O2/c25-18-4-2-1-3-17(18)20-14-24(33)32(29-20)22-15-23(30-9-11-34-12-10-30)31-21(27-22)13-19(28-31)16-5-7-26-8-6-16/h1-8,13-15,33H,9-12H2. The molecule has 0 saturated carbocycles. The van der Waals surface area contributed by atoms with E-state index in [9.17, 15) is 9.50 Å². The van der Waals surface area contributed by atoms with Gasteiger partial charge in [-0.3, -0.25) is 4.98 Å². The highest BCUT2D eigenvalue weighted by Gasteiger charge is 2.21. The van der Waals surface area contributed by atoms with Crippen molar-refractivity contribution in [3.63, 3.8) is 0 Å². The number of aromatic hydroxyl groups is 1. The number of rotatable bonds is 4. The third-order valence-corrected chi connectivity index (χ3v) is 5.76. The van der Waals surface area contributed by atoms with Crippen LogP contribution in [0, 0.1) is 5.82 Å². The lowest BCUT2D eigenvalue weighted by Crippen LogP contribution is -2.37. The fourth-order valence-corrected chi connectivity index (χ4v) is 4.08. The largest absolute Gasteiger partial charge is 0.493 e. The van der Waals surface area contributed by atoms with E-state index < -0.39 is 5.82 Å². The van der Waals surface area contributed by atoms with Crippen LogP contribution in [0.5, 0.6) is 5.88 Å². The summed E-state index contributed by atoms with van der Waals surface area (Å²) in [5.41, 5.74) is 2.87. The van der Waals surface area contributed by atoms with Gasteiger partial charge in [-0.1, -0.05) is 12.1 Å². The molecule has 0 amide bonds. The zero-order valence-electron chi connectivity index (χ0n) is 18.0. The van der Waals surface area contributed by atoms with E-state index in [0.717, 1.165) is 17.1 Å². The fourth-order valence-electron chi connectivity index (χ4n) is 4.08. The van der Waals surface area contributed by atoms with Gasteiger partial charge in [-0.05, 0) is 24.3 Å². The lowest BCUT2D eigenvalue weighted by Gasteiger charge is -2.29. The summed E-state index contributed by atoms with van der Waals surface area (Å²) < 4.78 is 22.9. The van der Waals surface area contributed by atoms with Crippen molar-refractivity contribution in [1.82, 2.24) is 29.4 Å². The van der Waals surface area contributed by atoms with Gasteiger partial charge in [0.05, 0.1) is 24.6 Å². The lowest BCUT2D eigenvalue weighted by molar-refractivity contribution is 0.122. The minimum atomic E-state index is -0.414. The molecular formula is C24H20FN7O2. The third kappa shape index (κ3) is 3.54. The van der Waals surface area contributed by atoms with Crippen molar-refractivity contribution >= 4 is 11.5 Å². The molecule has 0 bridgehead atoms. The molecule has 1 N–H and O–H groups in total. The zero-order valence-corrected chi connectivity index (χ0v) is 18.0. The first kappa shape index (κ1) is 20.3. The molecule has 1 aromatic carbocycles. The SMILES string of the molecule is Oc1cc(-c2ccccc2F)nn1-c1cc(N2CCOCC2)n2nc(-c3ccncc3)cc2n1. The topological polar surface area (TPSA) is 93.6 Å². The van der Waals surface area contributed by atoms with Crippen molar-refractivity contribution in [1.29, 1.82) is 0 Å². The third-order valence-electron chi connectivity index (χ3n) is 5.76. The maximum atomic E-state index is 14.3. The number of benzene rings is 1. The minimum absolute atomic E-state index is 0.142. The van der Waals surface area contributed by atoms with Gasteiger partial charge in [0, 0.05) is 54.8 Å². The first-order chi connectivity index (χ1) is 16.7. The number of fused-ring (bicyclic) bond motifs is 1. The van der Waals surface area contributed by atoms with E-state index in [1.54, 1.807) is 35.1 Å². The predicted molar refractivity (Wildman–Crippen MR) is 123 cm³/mol. The van der Waals surface area contributed by atoms with E-state index in [1.165, 1.54) is 16.8 Å². The van der Waals surface area contributed by atoms with Crippen molar-refractivity contribution in [2.24, 2.45) is 0 Å². The van der Waals surface area contributed by atoms with E-state index >= 15 is 0 Å². The van der Waals surface area contributed by atoms with Crippen LogP contribution < -0.4 is 4.90 Å². The summed E-state index contributed by atoms with van der Waals surface area (Å²) >= 11 is 0. The first-order valence-corrected chi connectivity index (χ1v) is 10.9. The molecule has 10 heteroatoms. The van der Waals surface area contributed by atoms with Gasteiger partial charge < -0.3 is 14.7 Å². The Hall–Kier alpha value is -4.31. The van der Waals surface area contributed by atoms with Crippen molar-refractivity contribution < 1.29 is 14.2 Å². The predicted octanol–water partition coefficient (Wildman–Crippen LogP) is 3.33. The van der Waals surface area contributed by atoms with Crippen molar-refractivity contribution in [3.05, 3.63) is 72.8 Å². The number of hydrogen-bond acceptors (Lipinski definition) is 7. The lowest BCUT2D eigenvalue weighted by atomic mass is 10.1. The van der Waals surface area contributed by atoms with E-state index in [1.807, 2.05) is 24.3 Å². The van der Waals surface area contributed by atoms with Crippen LogP contribution in [0.2, 0.25) is 0 Å². The molecule has 1 saturated heterocycles. The first-order valence-electron chi connectivity index (χ1n) is 10.9. The van der Waals surface area contributed by atoms with Gasteiger partial charge in [0.1, 0.15) is 11.6 Å². The highest BCUT2D eigenvalue weighted by atomic mass is 19.1. The van der Waals surface area contributed by atoms with E-state index in [4.69, 9.17) is 14.8 Å². The average Bonchev–Trinajstić information content (AvgIpc) is 3.48. The number of pyridine rings is 1. The zero-order chi connectivity index (χ0) is 23.1. The highest BCUT2D eigenvalue weighted by Crippen LogP contribution is 2.29. The van der Waals surface area contributed by atoms with E-state index in [2.05, 4.69) is 15.0 Å². The molecule has 0 spiro atoms. The van der Waals surface area contributed by atoms with Crippen molar-refractivity contribution in [2.45, 2.75) is 0 Å². The van der Waals surface area contributed by atoms with E-state index in [-0.39, 0.29) is 5.88 Å². The molecule has 4 aromatic heterocycles. The Morgan fingerprint density at radius 1 is 0.912 bits per heavy atom. The molecular weight excluding hydrogens is 437 g/mol. The quantitative estimate of drug-likeness (QED) is 0.442. The van der Waals surface area contributed by atoms with Crippen LogP contribution >= 0.6 is 0 Å². The highest BCUT2D eigenvalue weighted by molar-refractivity contribution is 5.67. The number of nitrogens with zero attached hydrogens (tertiary/aromatic N) is 7. The van der Waals surface area contributed by atoms with Gasteiger partial charge in [0.2, 0.25) is 5.88 Å². The molecule has 1 aliphatic rings. The monoisotopic (exact) mass is 457 g/mol. The van der Waals surface area contributed by atoms with Crippen LogP contribution in [0.3, 0.4) is 0 Å². The summed E-state index contributed by atoms with van der Waals surface area (Å²) in [5, 5.41) is 19.9. The Bertz CT molecular complexity index is 1480. The molecule has 0 aliphatic carbocycles. The number of morpholine rings is 1. The van der Waals surface area contributed by atoms with Gasteiger partial charge in [-0.25, -0.2) is 9.37 Å². The molecule has 5 aromatic rings. The molecule has 5 heterocycles. The van der Waals surface area contributed by atoms with Crippen LogP contribution in [0.15, 0.2) is 67.0 Å². The fraction of sp³-hybridized carbons (Fsp3) is 0.167. The van der Waals surface area contributed by atoms with Crippen LogP contribution in [-0.2, 0) is 4.74 Å². The molecule has 0 unspecified atom stereocenters. The van der Waals surface area contributed by atoms with Crippen LogP contribution in [0.25, 0.3) is 34.0 Å². The molecule has 34 heavy (non-hydrogen) atoms. The average molecular weight is 457 g/mol. The number of halogens is 1. The Labute approximate surface area is 193 Å². The Kier molecular flexibility index (Phi) is 4.92. The number of hydrogen-bond donors (Lipinski definition) is 1. The summed E-state index contributed by atoms with van der Waals surface area (Å²) in [7, 11) is 0. The van der Waals surface area contributed by atoms with Crippen LogP contribution in [0.1, 0.15) is 0 Å². The van der Waals surface area contributed by atoms with E-state index in [0.29, 0.717) is 49.0 Å². The summed E-state index contributed by atoms with van der Waals surface area (Å²) in [6.07, 6.45) is 3.43. The van der Waals surface area contributed by atoms with Crippen LogP contribution in [0.4, 0.5) is 10.2 Å². The normalized spacial score (nSPS) is 14.1. The molecule has 9 nitrogen and oxygen atoms in total. The second-order valence-corrected chi connectivity index (χ2v) is 7.89. The molecule has 0 atom stereocenters. The number of anilines is 1. The Morgan fingerprint density at radius 2 is 1.71 bits per heavy atom. The van der Waals surface area contributed by atoms with Gasteiger partial charge >= 0.3 is 0 Å². The second kappa shape index (κ2) is 8.23. The Balaban J connectivity index is 1.51. The van der Waals surface area contributed by atoms with Crippen molar-refractivity contribution in [2.75, 3.05) is 31.2 Å². The summed E-state index contributed by atoms with van der Waals surface area (Å²) in [6.45, 7) is 2.58. The summed E-state index contributed by atoms with van der Waals surface area (Å²) in [5.74, 6) is 0.639. The number of ether oxygens (including phenoxy) is 1. The molecule has 6 rings (SSSR count). The maximum Gasteiger partial charge on any atom is 0.216 e. The maximum absolute atomic E-state index is 14.3. The Morgan fingerprint density at radius 3 is 2.50 bits per heavy atom. The van der Waals surface area contributed by atoms with Crippen molar-refractivity contribution in [3.8, 4) is 34.2 Å². The van der Waals surface area contributed by atoms with Gasteiger partial charge in [-0.2, -0.15) is 19.4 Å².